The molecule has 0 aliphatic carbocycles. The minimum Gasteiger partial charge on any atom is -0.395 e. The number of β-amino-alcohol motifs (C(OH)–C–C–N with tert-alkyl or cyclic N) is 1. The predicted molar refractivity (Wildman–Crippen MR) is 85.1 cm³/mol. The van der Waals surface area contributed by atoms with Gasteiger partial charge < -0.3 is 25.3 Å². The van der Waals surface area contributed by atoms with Gasteiger partial charge in [-0.3, -0.25) is 4.90 Å². The lowest BCUT2D eigenvalue weighted by molar-refractivity contribution is -0.147. The van der Waals surface area contributed by atoms with Crippen LogP contribution in [-0.4, -0.2) is 76.9 Å². The van der Waals surface area contributed by atoms with Crippen LogP contribution in [0.5, 0.6) is 0 Å². The normalized spacial score (nSPS) is 29.6. The average molecular weight is 331 g/mol. The zero-order valence-electron chi connectivity index (χ0n) is 12.7. The molecule has 0 spiro atoms. The van der Waals surface area contributed by atoms with Crippen LogP contribution in [0, 0.1) is 0 Å². The summed E-state index contributed by atoms with van der Waals surface area (Å²) in [7, 11) is 3.84. The lowest BCUT2D eigenvalue weighted by Crippen LogP contribution is -2.62. The fourth-order valence-corrected chi connectivity index (χ4v) is 2.96. The Labute approximate surface area is 135 Å². The van der Waals surface area contributed by atoms with E-state index in [4.69, 9.17) is 11.6 Å². The molecule has 4 N–H and O–H groups in total. The molecule has 0 amide bonds. The Morgan fingerprint density at radius 1 is 1.23 bits per heavy atom. The molecule has 124 valence electrons. The summed E-state index contributed by atoms with van der Waals surface area (Å²) in [6.07, 6.45) is -3.51. The maximum absolute atomic E-state index is 9.99. The van der Waals surface area contributed by atoms with Crippen LogP contribution in [-0.2, 0) is 6.54 Å². The first-order valence-electron chi connectivity index (χ1n) is 7.20. The molecule has 1 aromatic rings. The molecular formula is C15H23ClN2O4. The Balaban J connectivity index is 2.18. The highest BCUT2D eigenvalue weighted by Crippen LogP contribution is 2.27. The van der Waals surface area contributed by atoms with Crippen LogP contribution in [0.3, 0.4) is 0 Å². The molecule has 22 heavy (non-hydrogen) atoms. The van der Waals surface area contributed by atoms with Crippen LogP contribution in [0.25, 0.3) is 0 Å². The predicted octanol–water partition coefficient (Wildman–Crippen LogP) is -0.335. The van der Waals surface area contributed by atoms with Crippen molar-refractivity contribution < 1.29 is 20.4 Å². The van der Waals surface area contributed by atoms with Gasteiger partial charge in [0.1, 0.15) is 12.2 Å². The van der Waals surface area contributed by atoms with Crippen molar-refractivity contribution in [3.05, 3.63) is 28.8 Å². The fourth-order valence-electron chi connectivity index (χ4n) is 2.72. The van der Waals surface area contributed by atoms with Gasteiger partial charge in [0.25, 0.3) is 0 Å². The number of hydrogen-bond acceptors (Lipinski definition) is 6. The van der Waals surface area contributed by atoms with Gasteiger partial charge in [-0.1, -0.05) is 17.7 Å². The standard InChI is InChI=1S/C15H23ClN2O4/c1-17(2)10-4-3-9(11(16)5-10)6-18-7-13(20)15(22)14(21)12(18)8-19/h3-5,12-15,19-22H,6-8H2,1-2H3/t12-,13-,14+,15+/m0/s1. The second kappa shape index (κ2) is 7.12. The van der Waals surface area contributed by atoms with Gasteiger partial charge in [0.2, 0.25) is 0 Å². The third-order valence-corrected chi connectivity index (χ3v) is 4.49. The van der Waals surface area contributed by atoms with Gasteiger partial charge in [0, 0.05) is 37.9 Å². The third kappa shape index (κ3) is 3.53. The van der Waals surface area contributed by atoms with Gasteiger partial charge in [-0.2, -0.15) is 0 Å². The lowest BCUT2D eigenvalue weighted by Gasteiger charge is -2.43. The summed E-state index contributed by atoms with van der Waals surface area (Å²) in [5, 5.41) is 39.6. The number of halogens is 1. The van der Waals surface area contributed by atoms with E-state index < -0.39 is 24.4 Å². The number of piperidine rings is 1. The van der Waals surface area contributed by atoms with Crippen molar-refractivity contribution in [2.45, 2.75) is 30.9 Å². The molecule has 7 heteroatoms. The molecule has 1 heterocycles. The smallest absolute Gasteiger partial charge is 0.109 e. The van der Waals surface area contributed by atoms with E-state index in [0.717, 1.165) is 11.3 Å². The molecule has 1 aliphatic rings. The fraction of sp³-hybridized carbons (Fsp3) is 0.600. The van der Waals surface area contributed by atoms with Crippen LogP contribution >= 0.6 is 11.6 Å². The molecule has 0 radical (unpaired) electrons. The number of hydrogen-bond donors (Lipinski definition) is 4. The number of likely N-dealkylation sites (tertiary alicyclic amines) is 1. The molecule has 0 unspecified atom stereocenters. The monoisotopic (exact) mass is 330 g/mol. The summed E-state index contributed by atoms with van der Waals surface area (Å²) < 4.78 is 0. The zero-order chi connectivity index (χ0) is 16.4. The third-order valence-electron chi connectivity index (χ3n) is 4.14. The zero-order valence-corrected chi connectivity index (χ0v) is 13.5. The van der Waals surface area contributed by atoms with Crippen molar-refractivity contribution >= 4 is 17.3 Å². The molecule has 6 nitrogen and oxygen atoms in total. The van der Waals surface area contributed by atoms with E-state index in [9.17, 15) is 20.4 Å². The van der Waals surface area contributed by atoms with E-state index in [1.165, 1.54) is 0 Å². The Bertz CT molecular complexity index is 514. The molecule has 1 fully saturated rings. The maximum atomic E-state index is 9.99. The van der Waals surface area contributed by atoms with Crippen molar-refractivity contribution in [3.63, 3.8) is 0 Å². The largest absolute Gasteiger partial charge is 0.395 e. The number of aliphatic hydroxyl groups is 4. The number of aliphatic hydroxyl groups excluding tert-OH is 4. The molecule has 4 atom stereocenters. The second-order valence-electron chi connectivity index (χ2n) is 5.90. The number of benzene rings is 1. The van der Waals surface area contributed by atoms with Crippen LogP contribution in [0.1, 0.15) is 5.56 Å². The number of nitrogens with zero attached hydrogens (tertiary/aromatic N) is 2. The van der Waals surface area contributed by atoms with Gasteiger partial charge in [-0.15, -0.1) is 0 Å². The van der Waals surface area contributed by atoms with E-state index >= 15 is 0 Å². The minimum absolute atomic E-state index is 0.162. The molecule has 1 saturated heterocycles. The average Bonchev–Trinajstić information content (AvgIpc) is 2.47. The van der Waals surface area contributed by atoms with Gasteiger partial charge in [0.05, 0.1) is 18.8 Å². The van der Waals surface area contributed by atoms with Crippen LogP contribution in [0.4, 0.5) is 5.69 Å². The van der Waals surface area contributed by atoms with E-state index in [0.29, 0.717) is 11.6 Å². The first-order chi connectivity index (χ1) is 10.3. The van der Waals surface area contributed by atoms with Crippen molar-refractivity contribution in [1.29, 1.82) is 0 Å². The van der Waals surface area contributed by atoms with E-state index in [1.807, 2.05) is 37.2 Å². The summed E-state index contributed by atoms with van der Waals surface area (Å²) in [5.74, 6) is 0. The Hall–Kier alpha value is -0.890. The van der Waals surface area contributed by atoms with Crippen LogP contribution < -0.4 is 4.90 Å². The Morgan fingerprint density at radius 3 is 2.45 bits per heavy atom. The van der Waals surface area contributed by atoms with Crippen molar-refractivity contribution in [3.8, 4) is 0 Å². The van der Waals surface area contributed by atoms with Gasteiger partial charge in [-0.25, -0.2) is 0 Å². The van der Waals surface area contributed by atoms with E-state index in [-0.39, 0.29) is 13.2 Å². The van der Waals surface area contributed by atoms with Gasteiger partial charge in [-0.05, 0) is 17.7 Å². The summed E-state index contributed by atoms with van der Waals surface area (Å²) >= 11 is 6.29. The minimum atomic E-state index is -1.25. The summed E-state index contributed by atoms with van der Waals surface area (Å²) in [6.45, 7) is 0.228. The molecule has 0 bridgehead atoms. The maximum Gasteiger partial charge on any atom is 0.109 e. The highest BCUT2D eigenvalue weighted by Gasteiger charge is 2.40. The summed E-state index contributed by atoms with van der Waals surface area (Å²) in [6, 6.07) is 5.02. The Morgan fingerprint density at radius 2 is 1.91 bits per heavy atom. The summed E-state index contributed by atoms with van der Waals surface area (Å²) in [5.41, 5.74) is 1.81. The van der Waals surface area contributed by atoms with E-state index in [2.05, 4.69) is 0 Å². The van der Waals surface area contributed by atoms with E-state index in [1.54, 1.807) is 4.90 Å². The highest BCUT2D eigenvalue weighted by molar-refractivity contribution is 6.31. The second-order valence-corrected chi connectivity index (χ2v) is 6.31. The topological polar surface area (TPSA) is 87.4 Å². The van der Waals surface area contributed by atoms with Crippen molar-refractivity contribution in [1.82, 2.24) is 4.90 Å². The summed E-state index contributed by atoms with van der Waals surface area (Å²) in [4.78, 5) is 3.68. The quantitative estimate of drug-likeness (QED) is 0.604. The lowest BCUT2D eigenvalue weighted by atomic mass is 9.93. The molecule has 0 saturated carbocycles. The molecule has 2 rings (SSSR count). The number of anilines is 1. The van der Waals surface area contributed by atoms with Crippen molar-refractivity contribution in [2.75, 3.05) is 32.1 Å². The van der Waals surface area contributed by atoms with Gasteiger partial charge >= 0.3 is 0 Å². The molecule has 0 aromatic heterocycles. The first kappa shape index (κ1) is 17.5. The van der Waals surface area contributed by atoms with Crippen LogP contribution in [0.15, 0.2) is 18.2 Å². The highest BCUT2D eigenvalue weighted by atomic mass is 35.5. The van der Waals surface area contributed by atoms with Crippen LogP contribution in [0.2, 0.25) is 5.02 Å². The molecular weight excluding hydrogens is 308 g/mol. The Kier molecular flexibility index (Phi) is 5.65. The first-order valence-corrected chi connectivity index (χ1v) is 7.57. The molecule has 1 aliphatic heterocycles. The van der Waals surface area contributed by atoms with Crippen molar-refractivity contribution in [2.24, 2.45) is 0 Å². The number of rotatable bonds is 4. The SMILES string of the molecule is CN(C)c1ccc(CN2C[C@H](O)[C@@H](O)[C@H](O)[C@@H]2CO)c(Cl)c1. The van der Waals surface area contributed by atoms with Gasteiger partial charge in [0.15, 0.2) is 0 Å². The molecule has 1 aromatic carbocycles.